The number of aromatic hydroxyl groups is 1. The van der Waals surface area contributed by atoms with Crippen molar-refractivity contribution in [3.05, 3.63) is 78.1 Å². The summed E-state index contributed by atoms with van der Waals surface area (Å²) in [6.07, 6.45) is 5.34. The van der Waals surface area contributed by atoms with E-state index in [1.165, 1.54) is 0 Å². The molecule has 5 aromatic rings. The monoisotopic (exact) mass is 466 g/mol. The molecule has 2 aromatic carbocycles. The summed E-state index contributed by atoms with van der Waals surface area (Å²) < 4.78 is 1.81. The number of fused-ring (bicyclic) bond motifs is 2. The fourth-order valence-corrected chi connectivity index (χ4v) is 4.81. The van der Waals surface area contributed by atoms with E-state index in [9.17, 15) is 9.90 Å². The highest BCUT2D eigenvalue weighted by Gasteiger charge is 2.25. The van der Waals surface area contributed by atoms with Crippen LogP contribution in [0.25, 0.3) is 27.8 Å². The van der Waals surface area contributed by atoms with Gasteiger partial charge >= 0.3 is 0 Å². The molecule has 3 N–H and O–H groups in total. The van der Waals surface area contributed by atoms with Crippen molar-refractivity contribution in [2.45, 2.75) is 25.8 Å². The lowest BCUT2D eigenvalue weighted by molar-refractivity contribution is 0.0718. The quantitative estimate of drug-likeness (QED) is 0.359. The van der Waals surface area contributed by atoms with E-state index in [1.54, 1.807) is 18.3 Å². The van der Waals surface area contributed by atoms with Gasteiger partial charge in [0.25, 0.3) is 5.91 Å². The Morgan fingerprint density at radius 2 is 1.94 bits per heavy atom. The van der Waals surface area contributed by atoms with Crippen LogP contribution in [0.2, 0.25) is 0 Å². The lowest BCUT2D eigenvalue weighted by Gasteiger charge is -2.33. The van der Waals surface area contributed by atoms with E-state index in [0.717, 1.165) is 46.3 Å². The van der Waals surface area contributed by atoms with Crippen LogP contribution in [0.5, 0.6) is 5.75 Å². The van der Waals surface area contributed by atoms with Gasteiger partial charge in [0.15, 0.2) is 5.65 Å². The number of phenolic OH excluding ortho intramolecular Hbond substituents is 1. The number of para-hydroxylation sites is 1. The van der Waals surface area contributed by atoms with Crippen LogP contribution in [0.3, 0.4) is 0 Å². The number of hydrogen-bond acceptors (Lipinski definition) is 5. The molecular formula is C27H26N6O2. The zero-order valence-corrected chi connectivity index (χ0v) is 19.4. The van der Waals surface area contributed by atoms with Gasteiger partial charge < -0.3 is 20.3 Å². The van der Waals surface area contributed by atoms with Crippen molar-refractivity contribution in [2.24, 2.45) is 0 Å². The molecule has 0 spiro atoms. The second-order valence-corrected chi connectivity index (χ2v) is 9.10. The van der Waals surface area contributed by atoms with Gasteiger partial charge in [0.2, 0.25) is 0 Å². The Morgan fingerprint density at radius 1 is 1.11 bits per heavy atom. The van der Waals surface area contributed by atoms with E-state index in [-0.39, 0.29) is 17.7 Å². The van der Waals surface area contributed by atoms with Crippen molar-refractivity contribution in [1.29, 1.82) is 0 Å². The number of aromatic nitrogens is 4. The maximum Gasteiger partial charge on any atom is 0.253 e. The number of amides is 1. The van der Waals surface area contributed by atoms with Crippen molar-refractivity contribution in [2.75, 3.05) is 18.4 Å². The fourth-order valence-electron chi connectivity index (χ4n) is 4.81. The molecule has 8 nitrogen and oxygen atoms in total. The summed E-state index contributed by atoms with van der Waals surface area (Å²) >= 11 is 0. The van der Waals surface area contributed by atoms with E-state index >= 15 is 0 Å². The van der Waals surface area contributed by atoms with Crippen LogP contribution in [-0.4, -0.2) is 54.6 Å². The van der Waals surface area contributed by atoms with Crippen molar-refractivity contribution in [1.82, 2.24) is 24.5 Å². The molecule has 0 saturated carbocycles. The molecule has 6 rings (SSSR count). The van der Waals surface area contributed by atoms with Crippen molar-refractivity contribution >= 4 is 28.3 Å². The van der Waals surface area contributed by atoms with Crippen LogP contribution in [0.1, 0.15) is 28.8 Å². The van der Waals surface area contributed by atoms with E-state index < -0.39 is 0 Å². The number of nitrogens with zero attached hydrogens (tertiary/aromatic N) is 4. The Bertz CT molecular complexity index is 1540. The summed E-state index contributed by atoms with van der Waals surface area (Å²) in [7, 11) is 0. The molecule has 1 amide bonds. The van der Waals surface area contributed by atoms with Crippen molar-refractivity contribution in [3.8, 4) is 17.0 Å². The maximum absolute atomic E-state index is 13.1. The second kappa shape index (κ2) is 8.47. The first-order valence-corrected chi connectivity index (χ1v) is 11.8. The normalized spacial score (nSPS) is 14.6. The van der Waals surface area contributed by atoms with Crippen molar-refractivity contribution in [3.63, 3.8) is 0 Å². The molecule has 0 atom stereocenters. The van der Waals surface area contributed by atoms with Crippen LogP contribution in [0.4, 0.5) is 5.82 Å². The number of carbonyl (C=O) groups is 1. The Morgan fingerprint density at radius 3 is 2.77 bits per heavy atom. The Hall–Kier alpha value is -4.33. The summed E-state index contributed by atoms with van der Waals surface area (Å²) in [5.41, 5.74) is 4.84. The SMILES string of the molecule is Cc1cnn2c(NC3CCN(C(=O)c4ccc5[nH]ccc5c4)CC3)cc(-c3ccccc3O)nc12. The molecule has 1 aliphatic heterocycles. The molecule has 0 radical (unpaired) electrons. The Labute approximate surface area is 202 Å². The number of rotatable bonds is 4. The highest BCUT2D eigenvalue weighted by atomic mass is 16.3. The number of likely N-dealkylation sites (tertiary alicyclic amines) is 1. The molecular weight excluding hydrogens is 440 g/mol. The second-order valence-electron chi connectivity index (χ2n) is 9.10. The molecule has 1 saturated heterocycles. The number of nitrogens with one attached hydrogen (secondary N) is 2. The smallest absolute Gasteiger partial charge is 0.253 e. The van der Waals surface area contributed by atoms with Gasteiger partial charge in [-0.05, 0) is 56.2 Å². The zero-order chi connectivity index (χ0) is 23.9. The van der Waals surface area contributed by atoms with Gasteiger partial charge in [-0.1, -0.05) is 12.1 Å². The Balaban J connectivity index is 1.21. The van der Waals surface area contributed by atoms with E-state index in [0.29, 0.717) is 24.3 Å². The summed E-state index contributed by atoms with van der Waals surface area (Å²) in [4.78, 5) is 22.9. The fraction of sp³-hybridized carbons (Fsp3) is 0.222. The first kappa shape index (κ1) is 21.2. The number of phenols is 1. The number of anilines is 1. The largest absolute Gasteiger partial charge is 0.507 e. The number of aromatic amines is 1. The van der Waals surface area contributed by atoms with E-state index in [1.807, 2.05) is 65.0 Å². The first-order chi connectivity index (χ1) is 17.1. The first-order valence-electron chi connectivity index (χ1n) is 11.8. The predicted octanol–water partition coefficient (Wildman–Crippen LogP) is 4.61. The number of carbonyl (C=O) groups excluding carboxylic acids is 1. The number of aryl methyl sites for hydroxylation is 1. The average Bonchev–Trinajstić information content (AvgIpc) is 3.50. The third-order valence-corrected chi connectivity index (χ3v) is 6.76. The van der Waals surface area contributed by atoms with Gasteiger partial charge in [-0.15, -0.1) is 0 Å². The van der Waals surface area contributed by atoms with Gasteiger partial charge in [-0.25, -0.2) is 4.98 Å². The minimum atomic E-state index is 0.0717. The summed E-state index contributed by atoms with van der Waals surface area (Å²) in [5.74, 6) is 1.09. The minimum absolute atomic E-state index is 0.0717. The van der Waals surface area contributed by atoms with Gasteiger partial charge in [-0.2, -0.15) is 9.61 Å². The number of H-pyrrole nitrogens is 1. The number of hydrogen-bond donors (Lipinski definition) is 3. The summed E-state index contributed by atoms with van der Waals surface area (Å²) in [6.45, 7) is 3.34. The summed E-state index contributed by atoms with van der Waals surface area (Å²) in [5, 5.41) is 19.5. The summed E-state index contributed by atoms with van der Waals surface area (Å²) in [6, 6.07) is 17.1. The molecule has 176 valence electrons. The molecule has 35 heavy (non-hydrogen) atoms. The van der Waals surface area contributed by atoms with E-state index in [4.69, 9.17) is 4.98 Å². The third kappa shape index (κ3) is 3.86. The average molecular weight is 467 g/mol. The van der Waals surface area contributed by atoms with E-state index in [2.05, 4.69) is 15.4 Å². The highest BCUT2D eigenvalue weighted by Crippen LogP contribution is 2.31. The Kier molecular flexibility index (Phi) is 5.13. The van der Waals surface area contributed by atoms with Crippen LogP contribution in [-0.2, 0) is 0 Å². The van der Waals surface area contributed by atoms with Gasteiger partial charge in [0.1, 0.15) is 11.6 Å². The molecule has 3 aromatic heterocycles. The standard InChI is InChI=1S/C27H26N6O2/c1-17-16-29-33-25(15-23(31-26(17)33)21-4-2-3-5-24(21)34)30-20-9-12-32(13-10-20)27(35)19-6-7-22-18(14-19)8-11-28-22/h2-8,11,14-16,20,28,30,34H,9-10,12-13H2,1H3. The van der Waals surface area contributed by atoms with Crippen LogP contribution < -0.4 is 5.32 Å². The van der Waals surface area contributed by atoms with Crippen LogP contribution >= 0.6 is 0 Å². The topological polar surface area (TPSA) is 98.6 Å². The number of piperidine rings is 1. The molecule has 1 fully saturated rings. The molecule has 0 aliphatic carbocycles. The zero-order valence-electron chi connectivity index (χ0n) is 19.4. The van der Waals surface area contributed by atoms with Crippen molar-refractivity contribution < 1.29 is 9.90 Å². The number of benzene rings is 2. The van der Waals surface area contributed by atoms with Gasteiger partial charge in [0.05, 0.1) is 11.9 Å². The molecule has 8 heteroatoms. The van der Waals surface area contributed by atoms with Crippen LogP contribution in [0, 0.1) is 6.92 Å². The predicted molar refractivity (Wildman–Crippen MR) is 136 cm³/mol. The molecule has 0 unspecified atom stereocenters. The lowest BCUT2D eigenvalue weighted by Crippen LogP contribution is -2.42. The lowest BCUT2D eigenvalue weighted by atomic mass is 10.0. The maximum atomic E-state index is 13.1. The highest BCUT2D eigenvalue weighted by molar-refractivity contribution is 5.98. The molecule has 0 bridgehead atoms. The third-order valence-electron chi connectivity index (χ3n) is 6.76. The van der Waals surface area contributed by atoms with Crippen LogP contribution in [0.15, 0.2) is 67.0 Å². The van der Waals surface area contributed by atoms with Gasteiger partial charge in [-0.3, -0.25) is 4.79 Å². The minimum Gasteiger partial charge on any atom is -0.507 e. The molecule has 1 aliphatic rings. The molecule has 4 heterocycles. The van der Waals surface area contributed by atoms with Gasteiger partial charge in [0, 0.05) is 59.0 Å².